The molecule has 0 amide bonds. The third-order valence-corrected chi connectivity index (χ3v) is 3.52. The third kappa shape index (κ3) is 3.72. The van der Waals surface area contributed by atoms with Crippen molar-refractivity contribution < 1.29 is 0 Å². The number of pyridine rings is 1. The lowest BCUT2D eigenvalue weighted by molar-refractivity contribution is 0.255. The second-order valence-electron chi connectivity index (χ2n) is 4.97. The molecule has 2 aromatic rings. The molecule has 19 heavy (non-hydrogen) atoms. The molecule has 0 bridgehead atoms. The summed E-state index contributed by atoms with van der Waals surface area (Å²) in [6, 6.07) is 10.8. The van der Waals surface area contributed by atoms with Gasteiger partial charge in [0.05, 0.1) is 10.5 Å². The van der Waals surface area contributed by atoms with Crippen LogP contribution < -0.4 is 5.73 Å². The van der Waals surface area contributed by atoms with Crippen LogP contribution in [0, 0.1) is 0 Å². The number of rotatable bonds is 5. The molecule has 0 spiro atoms. The number of nitrogens with two attached hydrogens (primary N) is 1. The first kappa shape index (κ1) is 13.9. The van der Waals surface area contributed by atoms with Crippen LogP contribution in [0.2, 0.25) is 0 Å². The van der Waals surface area contributed by atoms with Crippen LogP contribution in [0.4, 0.5) is 0 Å². The molecule has 0 aliphatic heterocycles. The van der Waals surface area contributed by atoms with Gasteiger partial charge in [-0.25, -0.2) is 0 Å². The maximum atomic E-state index is 5.60. The maximum absolute atomic E-state index is 5.60. The van der Waals surface area contributed by atoms with E-state index in [4.69, 9.17) is 18.0 Å². The van der Waals surface area contributed by atoms with Gasteiger partial charge < -0.3 is 5.73 Å². The van der Waals surface area contributed by atoms with E-state index in [1.165, 1.54) is 10.9 Å². The lowest BCUT2D eigenvalue weighted by Gasteiger charge is -2.24. The molecule has 0 aliphatic rings. The van der Waals surface area contributed by atoms with Crippen LogP contribution in [-0.2, 0) is 6.54 Å². The predicted octanol–water partition coefficient (Wildman–Crippen LogP) is 2.73. The Balaban J connectivity index is 2.10. The Labute approximate surface area is 119 Å². The number of nitrogens with zero attached hydrogens (tertiary/aromatic N) is 2. The van der Waals surface area contributed by atoms with Gasteiger partial charge in [0.15, 0.2) is 0 Å². The third-order valence-electron chi connectivity index (χ3n) is 3.35. The van der Waals surface area contributed by atoms with E-state index >= 15 is 0 Å². The summed E-state index contributed by atoms with van der Waals surface area (Å²) < 4.78 is 0. The van der Waals surface area contributed by atoms with Crippen LogP contribution in [0.1, 0.15) is 18.9 Å². The summed E-state index contributed by atoms with van der Waals surface area (Å²) in [7, 11) is 2.09. The van der Waals surface area contributed by atoms with E-state index in [-0.39, 0.29) is 0 Å². The lowest BCUT2D eigenvalue weighted by Crippen LogP contribution is -2.32. The second-order valence-corrected chi connectivity index (χ2v) is 5.49. The lowest BCUT2D eigenvalue weighted by atomic mass is 10.1. The highest BCUT2D eigenvalue weighted by atomic mass is 32.1. The van der Waals surface area contributed by atoms with Crippen molar-refractivity contribution in [2.24, 2.45) is 5.73 Å². The molecule has 1 aromatic heterocycles. The summed E-state index contributed by atoms with van der Waals surface area (Å²) in [6.07, 6.45) is 2.57. The molecule has 3 nitrogen and oxygen atoms in total. The number of hydrogen-bond donors (Lipinski definition) is 1. The topological polar surface area (TPSA) is 42.1 Å². The van der Waals surface area contributed by atoms with Crippen LogP contribution in [0.5, 0.6) is 0 Å². The van der Waals surface area contributed by atoms with Crippen molar-refractivity contribution in [1.82, 2.24) is 9.88 Å². The van der Waals surface area contributed by atoms with Gasteiger partial charge in [0.25, 0.3) is 0 Å². The zero-order valence-corrected chi connectivity index (χ0v) is 12.2. The summed E-state index contributed by atoms with van der Waals surface area (Å²) in [5.41, 5.74) is 7.90. The fourth-order valence-electron chi connectivity index (χ4n) is 2.11. The average Bonchev–Trinajstić information content (AvgIpc) is 2.37. The Bertz CT molecular complexity index is 582. The van der Waals surface area contributed by atoms with Crippen LogP contribution in [0.3, 0.4) is 0 Å². The monoisotopic (exact) mass is 273 g/mol. The Hall–Kier alpha value is -1.52. The zero-order chi connectivity index (χ0) is 13.8. The van der Waals surface area contributed by atoms with Crippen molar-refractivity contribution in [2.45, 2.75) is 25.9 Å². The van der Waals surface area contributed by atoms with Gasteiger partial charge in [0.1, 0.15) is 0 Å². The number of aromatic nitrogens is 1. The SMILES string of the molecule is CC(CC(N)=S)N(C)Cc1ccc2ncccc2c1. The molecular weight excluding hydrogens is 254 g/mol. The molecule has 0 saturated carbocycles. The number of thiocarbonyl (C=S) groups is 1. The predicted molar refractivity (Wildman–Crippen MR) is 84.1 cm³/mol. The van der Waals surface area contributed by atoms with Crippen molar-refractivity contribution in [2.75, 3.05) is 7.05 Å². The molecular formula is C15H19N3S. The van der Waals surface area contributed by atoms with Crippen LogP contribution >= 0.6 is 12.2 Å². The fraction of sp³-hybridized carbons (Fsp3) is 0.333. The van der Waals surface area contributed by atoms with Gasteiger partial charge in [-0.2, -0.15) is 0 Å². The second kappa shape index (κ2) is 6.08. The quantitative estimate of drug-likeness (QED) is 0.851. The maximum Gasteiger partial charge on any atom is 0.0742 e. The van der Waals surface area contributed by atoms with E-state index < -0.39 is 0 Å². The summed E-state index contributed by atoms with van der Waals surface area (Å²) in [4.78, 5) is 7.16. The van der Waals surface area contributed by atoms with E-state index in [9.17, 15) is 0 Å². The van der Waals surface area contributed by atoms with Gasteiger partial charge >= 0.3 is 0 Å². The van der Waals surface area contributed by atoms with Gasteiger partial charge in [-0.1, -0.05) is 24.4 Å². The normalized spacial score (nSPS) is 12.8. The molecule has 1 aromatic carbocycles. The molecule has 2 N–H and O–H groups in total. The van der Waals surface area contributed by atoms with Crippen LogP contribution in [0.15, 0.2) is 36.5 Å². The molecule has 2 rings (SSSR count). The minimum absolute atomic E-state index is 0.349. The average molecular weight is 273 g/mol. The van der Waals surface area contributed by atoms with Crippen molar-refractivity contribution >= 4 is 28.1 Å². The molecule has 0 fully saturated rings. The summed E-state index contributed by atoms with van der Waals surface area (Å²) in [6.45, 7) is 3.02. The van der Waals surface area contributed by atoms with E-state index in [1.807, 2.05) is 12.3 Å². The first-order valence-electron chi connectivity index (χ1n) is 6.38. The molecule has 100 valence electrons. The molecule has 0 aliphatic carbocycles. The molecule has 0 saturated heterocycles. The van der Waals surface area contributed by atoms with Crippen LogP contribution in [0.25, 0.3) is 10.9 Å². The largest absolute Gasteiger partial charge is 0.393 e. The first-order chi connectivity index (χ1) is 9.06. The highest BCUT2D eigenvalue weighted by Crippen LogP contribution is 2.15. The number of hydrogen-bond acceptors (Lipinski definition) is 3. The molecule has 1 unspecified atom stereocenters. The summed E-state index contributed by atoms with van der Waals surface area (Å²) in [5, 5.41) is 1.18. The van der Waals surface area contributed by atoms with Gasteiger partial charge in [-0.3, -0.25) is 9.88 Å². The molecule has 0 radical (unpaired) electrons. The van der Waals surface area contributed by atoms with Gasteiger partial charge in [0.2, 0.25) is 0 Å². The smallest absolute Gasteiger partial charge is 0.0742 e. The Kier molecular flexibility index (Phi) is 4.45. The van der Waals surface area contributed by atoms with Gasteiger partial charge in [-0.05, 0) is 37.7 Å². The Morgan fingerprint density at radius 3 is 2.95 bits per heavy atom. The van der Waals surface area contributed by atoms with Crippen molar-refractivity contribution in [1.29, 1.82) is 0 Å². The minimum Gasteiger partial charge on any atom is -0.393 e. The highest BCUT2D eigenvalue weighted by Gasteiger charge is 2.10. The molecule has 1 heterocycles. The minimum atomic E-state index is 0.349. The Morgan fingerprint density at radius 2 is 2.21 bits per heavy atom. The number of fused-ring (bicyclic) bond motifs is 1. The molecule has 1 atom stereocenters. The van der Waals surface area contributed by atoms with Crippen molar-refractivity contribution in [3.05, 3.63) is 42.1 Å². The standard InChI is InChI=1S/C15H19N3S/c1-11(8-15(16)19)18(2)10-12-5-6-14-13(9-12)4-3-7-17-14/h3-7,9,11H,8,10H2,1-2H3,(H2,16,19). The van der Waals surface area contributed by atoms with Gasteiger partial charge in [0, 0.05) is 30.6 Å². The summed E-state index contributed by atoms with van der Waals surface area (Å²) >= 11 is 4.96. The zero-order valence-electron chi connectivity index (χ0n) is 11.3. The van der Waals surface area contributed by atoms with Crippen molar-refractivity contribution in [3.63, 3.8) is 0 Å². The first-order valence-corrected chi connectivity index (χ1v) is 6.79. The fourth-order valence-corrected chi connectivity index (χ4v) is 2.36. The van der Waals surface area contributed by atoms with Gasteiger partial charge in [-0.15, -0.1) is 0 Å². The van der Waals surface area contributed by atoms with Crippen molar-refractivity contribution in [3.8, 4) is 0 Å². The number of benzene rings is 1. The highest BCUT2D eigenvalue weighted by molar-refractivity contribution is 7.80. The summed E-state index contributed by atoms with van der Waals surface area (Å²) in [5.74, 6) is 0. The van der Waals surface area contributed by atoms with E-state index in [1.54, 1.807) is 0 Å². The Morgan fingerprint density at radius 1 is 1.42 bits per heavy atom. The molecule has 4 heteroatoms. The van der Waals surface area contributed by atoms with Crippen LogP contribution in [-0.4, -0.2) is 28.0 Å². The van der Waals surface area contributed by atoms with E-state index in [0.717, 1.165) is 18.5 Å². The van der Waals surface area contributed by atoms with E-state index in [2.05, 4.69) is 48.1 Å². The van der Waals surface area contributed by atoms with E-state index in [0.29, 0.717) is 11.0 Å².